The summed E-state index contributed by atoms with van der Waals surface area (Å²) < 4.78 is 0. The Morgan fingerprint density at radius 3 is 2.20 bits per heavy atom. The van der Waals surface area contributed by atoms with E-state index >= 15 is 0 Å². The first-order chi connectivity index (χ1) is 17.0. The molecule has 4 aliphatic rings. The zero-order valence-corrected chi connectivity index (χ0v) is 24.7. The molecule has 1 heterocycles. The zero-order chi connectivity index (χ0) is 25.0. The first kappa shape index (κ1) is 29.5. The Kier molecular flexibility index (Phi) is 13.5. The van der Waals surface area contributed by atoms with Crippen LogP contribution in [0.25, 0.3) is 0 Å². The van der Waals surface area contributed by atoms with Crippen molar-refractivity contribution < 1.29 is 0 Å². The van der Waals surface area contributed by atoms with Gasteiger partial charge in [0.1, 0.15) is 0 Å². The van der Waals surface area contributed by atoms with E-state index in [-0.39, 0.29) is 0 Å². The number of rotatable bonds is 9. The lowest BCUT2D eigenvalue weighted by atomic mass is 9.70. The topological polar surface area (TPSA) is 15.3 Å². The monoisotopic (exact) mass is 489 g/mol. The van der Waals surface area contributed by atoms with Gasteiger partial charge in [0, 0.05) is 12.6 Å². The predicted molar refractivity (Wildman–Crippen MR) is 155 cm³/mol. The Labute approximate surface area is 221 Å². The summed E-state index contributed by atoms with van der Waals surface area (Å²) in [5.74, 6) is 6.76. The molecule has 2 heteroatoms. The fraction of sp³-hybridized carbons (Fsp3) is 1.00. The first-order valence-electron chi connectivity index (χ1n) is 16.5. The van der Waals surface area contributed by atoms with E-state index < -0.39 is 0 Å². The fourth-order valence-electron chi connectivity index (χ4n) is 7.86. The van der Waals surface area contributed by atoms with Gasteiger partial charge in [-0.3, -0.25) is 0 Å². The highest BCUT2D eigenvalue weighted by atomic mass is 15.1. The normalized spacial score (nSPS) is 35.9. The van der Waals surface area contributed by atoms with E-state index in [4.69, 9.17) is 0 Å². The Balaban J connectivity index is 0.000000795. The maximum Gasteiger partial charge on any atom is 0.00697 e. The lowest BCUT2D eigenvalue weighted by molar-refractivity contribution is 0.133. The molecule has 2 nitrogen and oxygen atoms in total. The summed E-state index contributed by atoms with van der Waals surface area (Å²) in [7, 11) is 0. The third-order valence-corrected chi connectivity index (χ3v) is 10.9. The van der Waals surface area contributed by atoms with Crippen LogP contribution < -0.4 is 5.32 Å². The van der Waals surface area contributed by atoms with E-state index in [9.17, 15) is 0 Å². The molecule has 0 aromatic carbocycles. The van der Waals surface area contributed by atoms with E-state index in [1.807, 2.05) is 0 Å². The molecule has 0 radical (unpaired) electrons. The number of nitrogens with zero attached hydrogens (tertiary/aromatic N) is 1. The molecule has 206 valence electrons. The van der Waals surface area contributed by atoms with Gasteiger partial charge in [0.05, 0.1) is 0 Å². The van der Waals surface area contributed by atoms with Crippen molar-refractivity contribution in [2.24, 2.45) is 41.4 Å². The van der Waals surface area contributed by atoms with Crippen LogP contribution in [0.1, 0.15) is 137 Å². The lowest BCUT2D eigenvalue weighted by Gasteiger charge is -2.38. The standard InChI is InChI=1S/C29H54N2.C4H10/c1-22-8-7-11-29(18-22)30-20-27(26-13-12-23(2)24(3)19-26)14-16-31-17-15-28(21-31)25-9-5-4-6-10-25;1-3-4-2/h22-30H,4-21H2,1-3H3;3-4H2,1-2H3. The largest absolute Gasteiger partial charge is 0.314 e. The van der Waals surface area contributed by atoms with Crippen molar-refractivity contribution in [2.45, 2.75) is 143 Å². The molecule has 1 aliphatic heterocycles. The SMILES string of the molecule is CC1CCCC(NCC(CCN2CCC(C3CCCCC3)C2)C2CCC(C)C(C)C2)C1.CCCC. The minimum atomic E-state index is 0.800. The molecule has 1 N–H and O–H groups in total. The molecule has 3 saturated carbocycles. The maximum absolute atomic E-state index is 4.09. The number of likely N-dealkylation sites (tertiary alicyclic amines) is 1. The van der Waals surface area contributed by atoms with Crippen LogP contribution in [0.4, 0.5) is 0 Å². The quantitative estimate of drug-likeness (QED) is 0.348. The summed E-state index contributed by atoms with van der Waals surface area (Å²) in [5.41, 5.74) is 0. The molecule has 35 heavy (non-hydrogen) atoms. The smallest absolute Gasteiger partial charge is 0.00697 e. The molecule has 0 spiro atoms. The Morgan fingerprint density at radius 2 is 1.51 bits per heavy atom. The Morgan fingerprint density at radius 1 is 0.743 bits per heavy atom. The molecule has 3 aliphatic carbocycles. The van der Waals surface area contributed by atoms with E-state index in [1.54, 1.807) is 0 Å². The van der Waals surface area contributed by atoms with Gasteiger partial charge in [0.2, 0.25) is 0 Å². The van der Waals surface area contributed by atoms with Crippen molar-refractivity contribution in [3.63, 3.8) is 0 Å². The highest BCUT2D eigenvalue weighted by Crippen LogP contribution is 2.39. The van der Waals surface area contributed by atoms with E-state index in [0.29, 0.717) is 0 Å². The average Bonchev–Trinajstić information content (AvgIpc) is 3.36. The summed E-state index contributed by atoms with van der Waals surface area (Å²) in [6, 6.07) is 0.800. The molecule has 0 aromatic rings. The van der Waals surface area contributed by atoms with Gasteiger partial charge in [-0.15, -0.1) is 0 Å². The van der Waals surface area contributed by atoms with Gasteiger partial charge in [-0.1, -0.05) is 98.8 Å². The molecule has 1 saturated heterocycles. The summed E-state index contributed by atoms with van der Waals surface area (Å²) in [6.45, 7) is 17.3. The van der Waals surface area contributed by atoms with E-state index in [0.717, 1.165) is 47.5 Å². The molecule has 4 rings (SSSR count). The van der Waals surface area contributed by atoms with Crippen molar-refractivity contribution in [3.8, 4) is 0 Å². The van der Waals surface area contributed by atoms with Crippen molar-refractivity contribution >= 4 is 0 Å². The third kappa shape index (κ3) is 9.96. The number of nitrogens with one attached hydrogen (secondary N) is 1. The Hall–Kier alpha value is -0.0800. The molecular weight excluding hydrogens is 424 g/mol. The molecule has 0 bridgehead atoms. The second kappa shape index (κ2) is 16.0. The van der Waals surface area contributed by atoms with Crippen LogP contribution in [0.2, 0.25) is 0 Å². The van der Waals surface area contributed by atoms with Crippen LogP contribution in [0.5, 0.6) is 0 Å². The van der Waals surface area contributed by atoms with Crippen LogP contribution in [-0.2, 0) is 0 Å². The number of hydrogen-bond donors (Lipinski definition) is 1. The summed E-state index contributed by atoms with van der Waals surface area (Å²) in [6.07, 6.45) is 23.3. The highest BCUT2D eigenvalue weighted by Gasteiger charge is 2.33. The van der Waals surface area contributed by atoms with Gasteiger partial charge in [0.15, 0.2) is 0 Å². The van der Waals surface area contributed by atoms with Gasteiger partial charge in [-0.25, -0.2) is 0 Å². The minimum Gasteiger partial charge on any atom is -0.314 e. The number of unbranched alkanes of at least 4 members (excludes halogenated alkanes) is 1. The molecular formula is C33H64N2. The third-order valence-electron chi connectivity index (χ3n) is 10.9. The van der Waals surface area contributed by atoms with Crippen LogP contribution in [0, 0.1) is 41.4 Å². The van der Waals surface area contributed by atoms with Crippen molar-refractivity contribution in [3.05, 3.63) is 0 Å². The second-order valence-corrected chi connectivity index (χ2v) is 13.7. The van der Waals surface area contributed by atoms with Gasteiger partial charge in [0.25, 0.3) is 0 Å². The molecule has 0 amide bonds. The minimum absolute atomic E-state index is 0.800. The highest BCUT2D eigenvalue weighted by molar-refractivity contribution is 4.86. The molecule has 7 atom stereocenters. The van der Waals surface area contributed by atoms with Crippen LogP contribution in [0.3, 0.4) is 0 Å². The summed E-state index contributed by atoms with van der Waals surface area (Å²) >= 11 is 0. The predicted octanol–water partition coefficient (Wildman–Crippen LogP) is 8.94. The maximum atomic E-state index is 4.09. The molecule has 7 unspecified atom stereocenters. The van der Waals surface area contributed by atoms with Crippen LogP contribution in [-0.4, -0.2) is 37.1 Å². The van der Waals surface area contributed by atoms with Crippen LogP contribution >= 0.6 is 0 Å². The van der Waals surface area contributed by atoms with E-state index in [2.05, 4.69) is 44.8 Å². The van der Waals surface area contributed by atoms with Crippen molar-refractivity contribution in [1.29, 1.82) is 0 Å². The summed E-state index contributed by atoms with van der Waals surface area (Å²) in [4.78, 5) is 2.86. The lowest BCUT2D eigenvalue weighted by Crippen LogP contribution is -2.40. The fourth-order valence-corrected chi connectivity index (χ4v) is 7.86. The second-order valence-electron chi connectivity index (χ2n) is 13.7. The Bertz CT molecular complexity index is 539. The van der Waals surface area contributed by atoms with Gasteiger partial charge >= 0.3 is 0 Å². The first-order valence-corrected chi connectivity index (χ1v) is 16.5. The van der Waals surface area contributed by atoms with Gasteiger partial charge < -0.3 is 10.2 Å². The van der Waals surface area contributed by atoms with E-state index in [1.165, 1.54) is 129 Å². The van der Waals surface area contributed by atoms with Crippen molar-refractivity contribution in [2.75, 3.05) is 26.2 Å². The van der Waals surface area contributed by atoms with Crippen molar-refractivity contribution in [1.82, 2.24) is 10.2 Å². The van der Waals surface area contributed by atoms with Crippen LogP contribution in [0.15, 0.2) is 0 Å². The molecule has 4 fully saturated rings. The van der Waals surface area contributed by atoms with Gasteiger partial charge in [-0.2, -0.15) is 0 Å². The van der Waals surface area contributed by atoms with Gasteiger partial charge in [-0.05, 0) is 99.6 Å². The number of hydrogen-bond acceptors (Lipinski definition) is 2. The zero-order valence-electron chi connectivity index (χ0n) is 24.7. The summed E-state index contributed by atoms with van der Waals surface area (Å²) in [5, 5.41) is 4.09. The molecule has 0 aromatic heterocycles. The average molecular weight is 489 g/mol.